The summed E-state index contributed by atoms with van der Waals surface area (Å²) in [6.07, 6.45) is 1.91. The molecule has 22 heavy (non-hydrogen) atoms. The molecule has 0 bridgehead atoms. The van der Waals surface area contributed by atoms with Crippen LogP contribution in [0.2, 0.25) is 0 Å². The first-order chi connectivity index (χ1) is 10.6. The minimum absolute atomic E-state index is 0.0599. The van der Waals surface area contributed by atoms with Crippen LogP contribution >= 0.6 is 11.3 Å². The molecule has 1 aliphatic heterocycles. The van der Waals surface area contributed by atoms with Gasteiger partial charge in [0.2, 0.25) is 0 Å². The first-order valence-electron chi connectivity index (χ1n) is 7.38. The Hall–Kier alpha value is -1.79. The Balaban J connectivity index is 1.76. The maximum absolute atomic E-state index is 13.0. The summed E-state index contributed by atoms with van der Waals surface area (Å²) in [6.45, 7) is 3.71. The minimum Gasteiger partial charge on any atom is -0.348 e. The van der Waals surface area contributed by atoms with E-state index < -0.39 is 0 Å². The van der Waals surface area contributed by atoms with E-state index in [-0.39, 0.29) is 17.8 Å². The van der Waals surface area contributed by atoms with Crippen LogP contribution in [-0.2, 0) is 0 Å². The second-order valence-corrected chi connectivity index (χ2v) is 6.44. The molecule has 0 unspecified atom stereocenters. The zero-order valence-corrected chi connectivity index (χ0v) is 13.2. The van der Waals surface area contributed by atoms with E-state index >= 15 is 0 Å². The number of carbonyl (C=O) groups is 1. The zero-order chi connectivity index (χ0) is 15.5. The highest BCUT2D eigenvalue weighted by Gasteiger charge is 2.20. The summed E-state index contributed by atoms with van der Waals surface area (Å²) in [6, 6.07) is 6.40. The molecule has 1 aliphatic rings. The third kappa shape index (κ3) is 3.34. The van der Waals surface area contributed by atoms with Crippen LogP contribution < -0.4 is 10.6 Å². The predicted molar refractivity (Wildman–Crippen MR) is 85.6 cm³/mol. The lowest BCUT2D eigenvalue weighted by Gasteiger charge is -2.23. The van der Waals surface area contributed by atoms with Gasteiger partial charge in [-0.2, -0.15) is 0 Å². The molecular weight excluding hydrogens is 301 g/mol. The average molecular weight is 319 g/mol. The second-order valence-electron chi connectivity index (χ2n) is 5.44. The molecule has 1 saturated heterocycles. The second kappa shape index (κ2) is 6.54. The number of nitrogens with one attached hydrogen (secondary N) is 2. The fourth-order valence-corrected chi connectivity index (χ4v) is 3.52. The van der Waals surface area contributed by atoms with Crippen molar-refractivity contribution in [2.45, 2.75) is 25.8 Å². The van der Waals surface area contributed by atoms with Gasteiger partial charge in [-0.1, -0.05) is 0 Å². The van der Waals surface area contributed by atoms with Crippen molar-refractivity contribution in [2.24, 2.45) is 0 Å². The van der Waals surface area contributed by atoms with Crippen LogP contribution in [0.15, 0.2) is 24.3 Å². The summed E-state index contributed by atoms with van der Waals surface area (Å²) < 4.78 is 13.0. The van der Waals surface area contributed by atoms with Gasteiger partial charge in [0.25, 0.3) is 5.91 Å². The molecule has 0 saturated carbocycles. The van der Waals surface area contributed by atoms with Crippen molar-refractivity contribution < 1.29 is 9.18 Å². The fourth-order valence-electron chi connectivity index (χ4n) is 2.54. The predicted octanol–water partition coefficient (Wildman–Crippen LogP) is 2.74. The number of aromatic nitrogens is 1. The molecule has 6 heteroatoms. The molecule has 3 rings (SSSR count). The van der Waals surface area contributed by atoms with Crippen molar-refractivity contribution in [1.82, 2.24) is 15.6 Å². The van der Waals surface area contributed by atoms with Crippen LogP contribution in [0.25, 0.3) is 10.6 Å². The largest absolute Gasteiger partial charge is 0.348 e. The maximum Gasteiger partial charge on any atom is 0.263 e. The Kier molecular flexibility index (Phi) is 4.49. The third-order valence-electron chi connectivity index (χ3n) is 3.77. The van der Waals surface area contributed by atoms with Crippen LogP contribution in [-0.4, -0.2) is 30.0 Å². The van der Waals surface area contributed by atoms with E-state index in [1.165, 1.54) is 23.5 Å². The molecule has 1 fully saturated rings. The minimum atomic E-state index is -0.277. The molecule has 0 spiro atoms. The van der Waals surface area contributed by atoms with Gasteiger partial charge in [-0.3, -0.25) is 4.79 Å². The molecule has 116 valence electrons. The van der Waals surface area contributed by atoms with Gasteiger partial charge in [-0.05, 0) is 57.1 Å². The summed E-state index contributed by atoms with van der Waals surface area (Å²) in [5.41, 5.74) is 1.55. The first-order valence-corrected chi connectivity index (χ1v) is 8.20. The molecule has 0 aliphatic carbocycles. The summed E-state index contributed by atoms with van der Waals surface area (Å²) in [5.74, 6) is -0.337. The average Bonchev–Trinajstić information content (AvgIpc) is 2.91. The lowest BCUT2D eigenvalue weighted by atomic mass is 10.1. The van der Waals surface area contributed by atoms with E-state index in [9.17, 15) is 9.18 Å². The summed E-state index contributed by atoms with van der Waals surface area (Å²) >= 11 is 1.35. The summed E-state index contributed by atoms with van der Waals surface area (Å²) in [4.78, 5) is 17.5. The zero-order valence-electron chi connectivity index (χ0n) is 12.4. The Labute approximate surface area is 132 Å². The number of rotatable bonds is 3. The number of carbonyl (C=O) groups excluding carboxylic acids is 1. The summed E-state index contributed by atoms with van der Waals surface area (Å²) in [5, 5.41) is 7.10. The number of thiazole rings is 1. The molecule has 1 amide bonds. The van der Waals surface area contributed by atoms with E-state index in [1.54, 1.807) is 12.1 Å². The Morgan fingerprint density at radius 1 is 1.32 bits per heavy atom. The Morgan fingerprint density at radius 2 is 2.00 bits per heavy atom. The van der Waals surface area contributed by atoms with Gasteiger partial charge in [0.15, 0.2) is 0 Å². The molecule has 0 radical (unpaired) electrons. The molecule has 2 heterocycles. The molecule has 0 atom stereocenters. The van der Waals surface area contributed by atoms with E-state index in [1.807, 2.05) is 6.92 Å². The number of benzene rings is 1. The summed E-state index contributed by atoms with van der Waals surface area (Å²) in [7, 11) is 0. The van der Waals surface area contributed by atoms with Crippen LogP contribution in [0.3, 0.4) is 0 Å². The SMILES string of the molecule is Cc1nc(-c2ccc(F)cc2)sc1C(=O)NC1CCNCC1. The van der Waals surface area contributed by atoms with Crippen molar-refractivity contribution in [3.8, 4) is 10.6 Å². The van der Waals surface area contributed by atoms with E-state index in [4.69, 9.17) is 0 Å². The van der Waals surface area contributed by atoms with Crippen LogP contribution in [0, 0.1) is 12.7 Å². The number of hydrogen-bond donors (Lipinski definition) is 2. The van der Waals surface area contributed by atoms with E-state index in [2.05, 4.69) is 15.6 Å². The fraction of sp³-hybridized carbons (Fsp3) is 0.375. The topological polar surface area (TPSA) is 54.0 Å². The number of piperidine rings is 1. The number of nitrogens with zero attached hydrogens (tertiary/aromatic N) is 1. The molecule has 1 aromatic heterocycles. The monoisotopic (exact) mass is 319 g/mol. The maximum atomic E-state index is 13.0. The highest BCUT2D eigenvalue weighted by molar-refractivity contribution is 7.17. The van der Waals surface area contributed by atoms with Gasteiger partial charge in [0.05, 0.1) is 5.69 Å². The van der Waals surface area contributed by atoms with Crippen LogP contribution in [0.5, 0.6) is 0 Å². The van der Waals surface area contributed by atoms with Gasteiger partial charge in [0, 0.05) is 11.6 Å². The van der Waals surface area contributed by atoms with Gasteiger partial charge in [-0.25, -0.2) is 9.37 Å². The van der Waals surface area contributed by atoms with Crippen LogP contribution in [0.4, 0.5) is 4.39 Å². The molecule has 2 N–H and O–H groups in total. The normalized spacial score (nSPS) is 15.7. The van der Waals surface area contributed by atoms with Crippen molar-refractivity contribution in [2.75, 3.05) is 13.1 Å². The molecule has 4 nitrogen and oxygen atoms in total. The molecule has 2 aromatic rings. The number of hydrogen-bond acceptors (Lipinski definition) is 4. The van der Waals surface area contributed by atoms with Crippen molar-refractivity contribution in [1.29, 1.82) is 0 Å². The Bertz CT molecular complexity index is 663. The standard InChI is InChI=1S/C16H18FN3OS/c1-10-14(15(21)20-13-6-8-18-9-7-13)22-16(19-10)11-2-4-12(17)5-3-11/h2-5,13,18H,6-9H2,1H3,(H,20,21). The van der Waals surface area contributed by atoms with Gasteiger partial charge in [-0.15, -0.1) is 11.3 Å². The molecular formula is C16H18FN3OS. The van der Waals surface area contributed by atoms with Crippen LogP contribution in [0.1, 0.15) is 28.2 Å². The Morgan fingerprint density at radius 3 is 2.68 bits per heavy atom. The van der Waals surface area contributed by atoms with E-state index in [0.29, 0.717) is 4.88 Å². The van der Waals surface area contributed by atoms with Gasteiger partial charge >= 0.3 is 0 Å². The van der Waals surface area contributed by atoms with Crippen molar-refractivity contribution in [3.63, 3.8) is 0 Å². The van der Waals surface area contributed by atoms with Gasteiger partial charge in [0.1, 0.15) is 15.7 Å². The highest BCUT2D eigenvalue weighted by atomic mass is 32.1. The number of aryl methyl sites for hydroxylation is 1. The van der Waals surface area contributed by atoms with Gasteiger partial charge < -0.3 is 10.6 Å². The lowest BCUT2D eigenvalue weighted by Crippen LogP contribution is -2.42. The highest BCUT2D eigenvalue weighted by Crippen LogP contribution is 2.28. The third-order valence-corrected chi connectivity index (χ3v) is 4.97. The lowest BCUT2D eigenvalue weighted by molar-refractivity contribution is 0.0933. The quantitative estimate of drug-likeness (QED) is 0.914. The first kappa shape index (κ1) is 15.1. The van der Waals surface area contributed by atoms with E-state index in [0.717, 1.165) is 42.2 Å². The molecule has 1 aromatic carbocycles. The number of amides is 1. The van der Waals surface area contributed by atoms with Crippen molar-refractivity contribution >= 4 is 17.2 Å². The smallest absolute Gasteiger partial charge is 0.263 e. The van der Waals surface area contributed by atoms with Crippen molar-refractivity contribution in [3.05, 3.63) is 40.7 Å². The number of halogens is 1.